The van der Waals surface area contributed by atoms with Crippen molar-refractivity contribution in [3.63, 3.8) is 0 Å². The Morgan fingerprint density at radius 1 is 1.46 bits per heavy atom. The van der Waals surface area contributed by atoms with E-state index in [9.17, 15) is 8.78 Å². The van der Waals surface area contributed by atoms with Gasteiger partial charge in [-0.2, -0.15) is 0 Å². The highest BCUT2D eigenvalue weighted by molar-refractivity contribution is 5.86. The maximum atomic E-state index is 13.7. The van der Waals surface area contributed by atoms with Gasteiger partial charge < -0.3 is 4.84 Å². The van der Waals surface area contributed by atoms with E-state index in [4.69, 9.17) is 4.84 Å². The molecule has 0 bridgehead atoms. The highest BCUT2D eigenvalue weighted by Crippen LogP contribution is 2.61. The Labute approximate surface area is 74.9 Å². The largest absolute Gasteiger partial charge is 0.392 e. The average molecular weight is 187 g/mol. The van der Waals surface area contributed by atoms with Gasteiger partial charge in [0, 0.05) is 5.92 Å². The van der Waals surface area contributed by atoms with Crippen LogP contribution in [-0.2, 0) is 4.84 Å². The van der Waals surface area contributed by atoms with E-state index in [0.29, 0.717) is 12.1 Å². The molecule has 2 aliphatic carbocycles. The van der Waals surface area contributed by atoms with Crippen LogP contribution in [-0.4, -0.2) is 17.7 Å². The summed E-state index contributed by atoms with van der Waals surface area (Å²) in [6.07, 6.45) is 1.10. The lowest BCUT2D eigenvalue weighted by Gasteiger charge is -2.31. The lowest BCUT2D eigenvalue weighted by Crippen LogP contribution is -2.44. The van der Waals surface area contributed by atoms with Crippen LogP contribution in [0.3, 0.4) is 0 Å². The first-order valence-electron chi connectivity index (χ1n) is 4.69. The van der Waals surface area contributed by atoms with Gasteiger partial charge in [-0.15, -0.1) is 0 Å². The molecule has 72 valence electrons. The predicted molar refractivity (Wildman–Crippen MR) is 42.6 cm³/mol. The Morgan fingerprint density at radius 3 is 3.00 bits per heavy atom. The van der Waals surface area contributed by atoms with Crippen LogP contribution >= 0.6 is 0 Å². The zero-order chi connectivity index (χ0) is 9.22. The molecular weight excluding hydrogens is 176 g/mol. The predicted octanol–water partition coefficient (Wildman–Crippen LogP) is 2.05. The highest BCUT2D eigenvalue weighted by Gasteiger charge is 2.67. The number of rotatable bonds is 0. The summed E-state index contributed by atoms with van der Waals surface area (Å²) < 4.78 is 27.4. The molecular formula is C9H11F2NO. The van der Waals surface area contributed by atoms with Gasteiger partial charge in [0.25, 0.3) is 5.92 Å². The van der Waals surface area contributed by atoms with E-state index in [0.717, 1.165) is 6.42 Å². The Morgan fingerprint density at radius 2 is 2.23 bits per heavy atom. The first-order chi connectivity index (χ1) is 6.10. The van der Waals surface area contributed by atoms with E-state index in [1.54, 1.807) is 6.92 Å². The van der Waals surface area contributed by atoms with Crippen molar-refractivity contribution in [1.29, 1.82) is 0 Å². The number of nitrogens with zero attached hydrogens (tertiary/aromatic N) is 1. The molecule has 2 fully saturated rings. The number of fused-ring (bicyclic) bond motifs is 2. The van der Waals surface area contributed by atoms with Crippen LogP contribution in [0.15, 0.2) is 5.16 Å². The summed E-state index contributed by atoms with van der Waals surface area (Å²) in [5, 5.41) is 3.67. The number of oxime groups is 1. The number of alkyl halides is 2. The van der Waals surface area contributed by atoms with E-state index in [2.05, 4.69) is 5.16 Å². The molecule has 1 aliphatic heterocycles. The van der Waals surface area contributed by atoms with Gasteiger partial charge in [-0.3, -0.25) is 0 Å². The molecule has 2 saturated carbocycles. The van der Waals surface area contributed by atoms with Crippen molar-refractivity contribution in [1.82, 2.24) is 0 Å². The first kappa shape index (κ1) is 7.71. The van der Waals surface area contributed by atoms with Crippen molar-refractivity contribution in [2.45, 2.75) is 31.8 Å². The molecule has 2 nitrogen and oxygen atoms in total. The van der Waals surface area contributed by atoms with Gasteiger partial charge in [-0.25, -0.2) is 8.78 Å². The fraction of sp³-hybridized carbons (Fsp3) is 0.889. The molecule has 3 aliphatic rings. The maximum absolute atomic E-state index is 13.7. The number of halogens is 2. The third-order valence-electron chi connectivity index (χ3n) is 3.52. The summed E-state index contributed by atoms with van der Waals surface area (Å²) >= 11 is 0. The minimum absolute atomic E-state index is 0.192. The third kappa shape index (κ3) is 0.837. The van der Waals surface area contributed by atoms with Crippen molar-refractivity contribution >= 4 is 5.71 Å². The standard InChI is InChI=1S/C9H11F2NO/c1-4-8-7(13-12-4)3-5-2-6(5)9(8,10)11/h5-8H,2-3H2,1H3/t5?,6?,7-,8-/m1/s1. The minimum atomic E-state index is -2.57. The quantitative estimate of drug-likeness (QED) is 0.568. The molecule has 0 aromatic heterocycles. The summed E-state index contributed by atoms with van der Waals surface area (Å²) in [5.41, 5.74) is 0.473. The summed E-state index contributed by atoms with van der Waals surface area (Å²) in [6, 6.07) is 0. The number of hydrogen-bond donors (Lipinski definition) is 0. The average Bonchev–Trinajstić information content (AvgIpc) is 2.71. The SMILES string of the molecule is CC1=NO[C@@H]2CC3CC3C(F)(F)[C@H]12. The van der Waals surface area contributed by atoms with Crippen LogP contribution in [0, 0.1) is 17.8 Å². The van der Waals surface area contributed by atoms with Crippen LogP contribution in [0.25, 0.3) is 0 Å². The monoisotopic (exact) mass is 187 g/mol. The highest BCUT2D eigenvalue weighted by atomic mass is 19.3. The Hall–Kier alpha value is -0.670. The molecule has 3 rings (SSSR count). The van der Waals surface area contributed by atoms with Gasteiger partial charge in [-0.1, -0.05) is 5.16 Å². The van der Waals surface area contributed by atoms with E-state index < -0.39 is 11.8 Å². The molecule has 0 spiro atoms. The molecule has 0 saturated heterocycles. The molecule has 0 aromatic carbocycles. The van der Waals surface area contributed by atoms with Crippen LogP contribution in [0.5, 0.6) is 0 Å². The van der Waals surface area contributed by atoms with Gasteiger partial charge in [0.15, 0.2) is 0 Å². The third-order valence-corrected chi connectivity index (χ3v) is 3.52. The summed E-state index contributed by atoms with van der Waals surface area (Å²) in [5.74, 6) is -3.51. The Kier molecular flexibility index (Phi) is 1.21. The van der Waals surface area contributed by atoms with Crippen molar-refractivity contribution in [2.24, 2.45) is 22.9 Å². The normalized spacial score (nSPS) is 50.2. The second-order valence-corrected chi connectivity index (χ2v) is 4.37. The molecule has 2 unspecified atom stereocenters. The van der Waals surface area contributed by atoms with Crippen molar-refractivity contribution < 1.29 is 13.6 Å². The molecule has 0 aromatic rings. The topological polar surface area (TPSA) is 21.6 Å². The van der Waals surface area contributed by atoms with Gasteiger partial charge in [0.2, 0.25) is 0 Å². The second kappa shape index (κ2) is 2.04. The van der Waals surface area contributed by atoms with Crippen LogP contribution in [0.4, 0.5) is 8.78 Å². The second-order valence-electron chi connectivity index (χ2n) is 4.37. The molecule has 4 heteroatoms. The maximum Gasteiger partial charge on any atom is 0.262 e. The van der Waals surface area contributed by atoms with E-state index >= 15 is 0 Å². The van der Waals surface area contributed by atoms with Crippen LogP contribution < -0.4 is 0 Å². The summed E-state index contributed by atoms with van der Waals surface area (Å²) in [6.45, 7) is 1.64. The van der Waals surface area contributed by atoms with Crippen molar-refractivity contribution in [3.05, 3.63) is 0 Å². The molecule has 1 heterocycles. The fourth-order valence-corrected chi connectivity index (χ4v) is 2.75. The van der Waals surface area contributed by atoms with Gasteiger partial charge >= 0.3 is 0 Å². The summed E-state index contributed by atoms with van der Waals surface area (Å²) in [4.78, 5) is 5.01. The van der Waals surface area contributed by atoms with Gasteiger partial charge in [-0.05, 0) is 25.7 Å². The lowest BCUT2D eigenvalue weighted by molar-refractivity contribution is -0.119. The summed E-state index contributed by atoms with van der Waals surface area (Å²) in [7, 11) is 0. The zero-order valence-corrected chi connectivity index (χ0v) is 7.34. The van der Waals surface area contributed by atoms with Crippen molar-refractivity contribution in [3.8, 4) is 0 Å². The zero-order valence-electron chi connectivity index (χ0n) is 7.34. The Bertz CT molecular complexity index is 289. The molecule has 4 atom stereocenters. The Balaban J connectivity index is 1.97. The molecule has 0 amide bonds. The molecule has 0 radical (unpaired) electrons. The van der Waals surface area contributed by atoms with Crippen LogP contribution in [0.1, 0.15) is 19.8 Å². The van der Waals surface area contributed by atoms with E-state index in [1.165, 1.54) is 0 Å². The number of hydrogen-bond acceptors (Lipinski definition) is 2. The molecule has 0 N–H and O–H groups in total. The van der Waals surface area contributed by atoms with E-state index in [1.807, 2.05) is 0 Å². The van der Waals surface area contributed by atoms with Crippen molar-refractivity contribution in [2.75, 3.05) is 0 Å². The first-order valence-corrected chi connectivity index (χ1v) is 4.69. The lowest BCUT2D eigenvalue weighted by atomic mass is 9.81. The van der Waals surface area contributed by atoms with E-state index in [-0.39, 0.29) is 17.9 Å². The molecule has 13 heavy (non-hydrogen) atoms. The smallest absolute Gasteiger partial charge is 0.262 e. The minimum Gasteiger partial charge on any atom is -0.392 e. The fourth-order valence-electron chi connectivity index (χ4n) is 2.75. The van der Waals surface area contributed by atoms with Gasteiger partial charge in [0.1, 0.15) is 12.0 Å². The van der Waals surface area contributed by atoms with Crippen LogP contribution in [0.2, 0.25) is 0 Å². The van der Waals surface area contributed by atoms with Gasteiger partial charge in [0.05, 0.1) is 5.71 Å².